The van der Waals surface area contributed by atoms with Crippen molar-refractivity contribution >= 4 is 33.5 Å². The maximum absolute atomic E-state index is 14.7. The lowest BCUT2D eigenvalue weighted by Gasteiger charge is -2.40. The third-order valence-corrected chi connectivity index (χ3v) is 7.58. The van der Waals surface area contributed by atoms with Gasteiger partial charge in [-0.3, -0.25) is 9.59 Å². The minimum atomic E-state index is -4.74. The summed E-state index contributed by atoms with van der Waals surface area (Å²) in [6, 6.07) is 18.4. The molecule has 0 saturated heterocycles. The van der Waals surface area contributed by atoms with Crippen LogP contribution in [0.4, 0.5) is 23.2 Å². The number of hydrogen-bond acceptors (Lipinski definition) is 4. The number of anilines is 1. The zero-order chi connectivity index (χ0) is 29.7. The van der Waals surface area contributed by atoms with Gasteiger partial charge in [-0.05, 0) is 68.1 Å². The van der Waals surface area contributed by atoms with E-state index in [-0.39, 0.29) is 19.1 Å². The lowest BCUT2D eigenvalue weighted by molar-refractivity contribution is -0.159. The highest BCUT2D eigenvalue weighted by Gasteiger charge is 2.47. The summed E-state index contributed by atoms with van der Waals surface area (Å²) in [5.74, 6) is -4.97. The van der Waals surface area contributed by atoms with E-state index in [4.69, 9.17) is 9.47 Å². The summed E-state index contributed by atoms with van der Waals surface area (Å²) in [5, 5.41) is 2.42. The summed E-state index contributed by atoms with van der Waals surface area (Å²) in [6.45, 7) is 3.72. The molecule has 218 valence electrons. The molecule has 0 heterocycles. The van der Waals surface area contributed by atoms with Gasteiger partial charge in [-0.25, -0.2) is 4.39 Å². The van der Waals surface area contributed by atoms with E-state index in [1.807, 2.05) is 68.4 Å². The predicted octanol–water partition coefficient (Wildman–Crippen LogP) is 7.89. The minimum Gasteiger partial charge on any atom is -0.461 e. The number of nitrogens with one attached hydrogen (secondary N) is 1. The van der Waals surface area contributed by atoms with Gasteiger partial charge in [0.25, 0.3) is 0 Å². The van der Waals surface area contributed by atoms with Crippen LogP contribution in [0.15, 0.2) is 77.3 Å². The molecule has 4 atom stereocenters. The standard InChI is InChI=1S/C31H30BrF4NO4/c1-18(2)41-23-15-24(20-8-11-22(32)12-9-20)28(30(39)40-17-19-6-4-3-5-7-19)25(16-23)29(38)37-27-13-10-21(14-26(27)33)31(34,35)36/h3-14,18,23-25,28H,15-17H2,1-2H3,(H,37,38)/t23-,24-,25-,28-/m1/s1. The number of esters is 1. The molecule has 1 amide bonds. The molecule has 1 fully saturated rings. The van der Waals surface area contributed by atoms with Gasteiger partial charge < -0.3 is 14.8 Å². The van der Waals surface area contributed by atoms with Crippen molar-refractivity contribution in [1.82, 2.24) is 0 Å². The average Bonchev–Trinajstić information content (AvgIpc) is 2.92. The summed E-state index contributed by atoms with van der Waals surface area (Å²) in [4.78, 5) is 27.4. The molecule has 1 aliphatic carbocycles. The van der Waals surface area contributed by atoms with E-state index in [2.05, 4.69) is 21.2 Å². The number of halogens is 5. The highest BCUT2D eigenvalue weighted by molar-refractivity contribution is 9.10. The molecule has 0 radical (unpaired) electrons. The molecular formula is C31H30BrF4NO4. The van der Waals surface area contributed by atoms with Gasteiger partial charge in [0.2, 0.25) is 5.91 Å². The second-order valence-corrected chi connectivity index (χ2v) is 11.3. The second-order valence-electron chi connectivity index (χ2n) is 10.3. The first-order valence-corrected chi connectivity index (χ1v) is 14.0. The van der Waals surface area contributed by atoms with E-state index in [0.29, 0.717) is 18.6 Å². The molecule has 3 aromatic carbocycles. The van der Waals surface area contributed by atoms with Crippen LogP contribution in [0.25, 0.3) is 0 Å². The number of hydrogen-bond donors (Lipinski definition) is 1. The van der Waals surface area contributed by atoms with Crippen molar-refractivity contribution in [2.75, 3.05) is 5.32 Å². The van der Waals surface area contributed by atoms with Crippen LogP contribution in [0.2, 0.25) is 0 Å². The highest BCUT2D eigenvalue weighted by Crippen LogP contribution is 2.44. The van der Waals surface area contributed by atoms with Gasteiger partial charge in [0.1, 0.15) is 12.4 Å². The molecule has 0 aliphatic heterocycles. The number of benzene rings is 3. The van der Waals surface area contributed by atoms with E-state index >= 15 is 0 Å². The molecule has 0 spiro atoms. The minimum absolute atomic E-state index is 0.00295. The summed E-state index contributed by atoms with van der Waals surface area (Å²) in [5.41, 5.74) is -0.0173. The molecule has 1 saturated carbocycles. The number of carbonyl (C=O) groups is 2. The molecule has 5 nitrogen and oxygen atoms in total. The molecule has 10 heteroatoms. The fourth-order valence-electron chi connectivity index (χ4n) is 5.23. The van der Waals surface area contributed by atoms with Crippen molar-refractivity contribution in [3.05, 3.63) is 99.8 Å². The monoisotopic (exact) mass is 635 g/mol. The van der Waals surface area contributed by atoms with Gasteiger partial charge in [-0.15, -0.1) is 0 Å². The lowest BCUT2D eigenvalue weighted by atomic mass is 9.67. The number of alkyl halides is 3. The van der Waals surface area contributed by atoms with E-state index in [0.717, 1.165) is 21.7 Å². The van der Waals surface area contributed by atoms with Crippen molar-refractivity contribution in [2.45, 2.75) is 57.6 Å². The van der Waals surface area contributed by atoms with Crippen LogP contribution < -0.4 is 5.32 Å². The largest absolute Gasteiger partial charge is 0.461 e. The van der Waals surface area contributed by atoms with Crippen LogP contribution in [-0.2, 0) is 31.8 Å². The van der Waals surface area contributed by atoms with Crippen LogP contribution in [0.5, 0.6) is 0 Å². The maximum Gasteiger partial charge on any atom is 0.416 e. The Morgan fingerprint density at radius 2 is 1.68 bits per heavy atom. The van der Waals surface area contributed by atoms with Gasteiger partial charge >= 0.3 is 12.1 Å². The van der Waals surface area contributed by atoms with Crippen molar-refractivity contribution in [1.29, 1.82) is 0 Å². The summed E-state index contributed by atoms with van der Waals surface area (Å²) in [7, 11) is 0. The normalized spacial score (nSPS) is 21.0. The van der Waals surface area contributed by atoms with Crippen LogP contribution in [0.1, 0.15) is 49.3 Å². The number of amides is 1. The van der Waals surface area contributed by atoms with E-state index < -0.39 is 59.0 Å². The van der Waals surface area contributed by atoms with Gasteiger partial charge in [0, 0.05) is 10.4 Å². The topological polar surface area (TPSA) is 64.6 Å². The Morgan fingerprint density at radius 3 is 2.29 bits per heavy atom. The second kappa shape index (κ2) is 13.2. The molecule has 1 N–H and O–H groups in total. The Labute approximate surface area is 244 Å². The van der Waals surface area contributed by atoms with Crippen LogP contribution in [0.3, 0.4) is 0 Å². The van der Waals surface area contributed by atoms with E-state index in [1.165, 1.54) is 0 Å². The summed E-state index contributed by atoms with van der Waals surface area (Å²) in [6.07, 6.45) is -4.73. The van der Waals surface area contributed by atoms with Crippen LogP contribution >= 0.6 is 15.9 Å². The SMILES string of the molecule is CC(C)O[C@@H]1C[C@H](c2ccc(Br)cc2)[C@@H](C(=O)OCc2ccccc2)[C@H](C(=O)Nc2ccc(C(F)(F)F)cc2F)C1. The van der Waals surface area contributed by atoms with E-state index in [9.17, 15) is 27.2 Å². The first-order chi connectivity index (χ1) is 19.4. The van der Waals surface area contributed by atoms with E-state index in [1.54, 1.807) is 0 Å². The number of carbonyl (C=O) groups excluding carboxylic acids is 2. The van der Waals surface area contributed by atoms with Crippen LogP contribution in [0, 0.1) is 17.7 Å². The fourth-order valence-corrected chi connectivity index (χ4v) is 5.49. The first kappa shape index (κ1) is 30.7. The Morgan fingerprint density at radius 1 is 1.00 bits per heavy atom. The predicted molar refractivity (Wildman–Crippen MR) is 149 cm³/mol. The average molecular weight is 636 g/mol. The highest BCUT2D eigenvalue weighted by atomic mass is 79.9. The quantitative estimate of drug-likeness (QED) is 0.202. The molecule has 4 rings (SSSR count). The maximum atomic E-state index is 14.7. The van der Waals surface area contributed by atoms with Gasteiger partial charge in [0.15, 0.2) is 0 Å². The molecule has 1 aliphatic rings. The third kappa shape index (κ3) is 7.95. The smallest absolute Gasteiger partial charge is 0.416 e. The summed E-state index contributed by atoms with van der Waals surface area (Å²) < 4.78 is 66.4. The van der Waals surface area contributed by atoms with Crippen molar-refractivity contribution in [3.63, 3.8) is 0 Å². The zero-order valence-electron chi connectivity index (χ0n) is 22.5. The molecule has 0 unspecified atom stereocenters. The third-order valence-electron chi connectivity index (χ3n) is 7.05. The Balaban J connectivity index is 1.68. The van der Waals surface area contributed by atoms with Crippen molar-refractivity contribution in [3.8, 4) is 0 Å². The Hall–Kier alpha value is -3.24. The molecule has 41 heavy (non-hydrogen) atoms. The van der Waals surface area contributed by atoms with Crippen molar-refractivity contribution < 1.29 is 36.6 Å². The van der Waals surface area contributed by atoms with Crippen LogP contribution in [-0.4, -0.2) is 24.1 Å². The van der Waals surface area contributed by atoms with Gasteiger partial charge in [0.05, 0.1) is 35.3 Å². The zero-order valence-corrected chi connectivity index (χ0v) is 24.0. The molecule has 0 aromatic heterocycles. The molecule has 0 bridgehead atoms. The number of ether oxygens (including phenoxy) is 2. The Kier molecular flexibility index (Phi) is 9.86. The fraction of sp³-hybridized carbons (Fsp3) is 0.355. The number of rotatable bonds is 8. The Bertz CT molecular complexity index is 1350. The summed E-state index contributed by atoms with van der Waals surface area (Å²) >= 11 is 3.42. The lowest BCUT2D eigenvalue weighted by Crippen LogP contribution is -2.45. The van der Waals surface area contributed by atoms with Gasteiger partial charge in [-0.1, -0.05) is 58.4 Å². The van der Waals surface area contributed by atoms with Gasteiger partial charge in [-0.2, -0.15) is 13.2 Å². The molecule has 3 aromatic rings. The molecular weight excluding hydrogens is 606 g/mol. The van der Waals surface area contributed by atoms with Crippen molar-refractivity contribution in [2.24, 2.45) is 11.8 Å². The first-order valence-electron chi connectivity index (χ1n) is 13.2.